The van der Waals surface area contributed by atoms with E-state index in [1.165, 1.54) is 18.4 Å². The van der Waals surface area contributed by atoms with Gasteiger partial charge in [-0.15, -0.1) is 0 Å². The summed E-state index contributed by atoms with van der Waals surface area (Å²) in [5.74, 6) is -1.42. The largest absolute Gasteiger partial charge is 1.00 e. The molecule has 0 fully saturated rings. The van der Waals surface area contributed by atoms with Crippen molar-refractivity contribution in [3.8, 4) is 0 Å². The average Bonchev–Trinajstić information content (AvgIpc) is 2.12. The van der Waals surface area contributed by atoms with Crippen molar-refractivity contribution in [3.63, 3.8) is 0 Å². The molecule has 3 nitrogen and oxygen atoms in total. The number of hydrogen-bond donors (Lipinski definition) is 0. The molecule has 1 aromatic heterocycles. The zero-order chi connectivity index (χ0) is 5.98. The van der Waals surface area contributed by atoms with E-state index in [9.17, 15) is 9.90 Å². The second-order valence-corrected chi connectivity index (χ2v) is 1.26. The van der Waals surface area contributed by atoms with E-state index >= 15 is 0 Å². The Morgan fingerprint density at radius 1 is 1.67 bits per heavy atom. The van der Waals surface area contributed by atoms with Gasteiger partial charge >= 0.3 is 18.9 Å². The van der Waals surface area contributed by atoms with Crippen LogP contribution in [0.5, 0.6) is 0 Å². The van der Waals surface area contributed by atoms with Crippen molar-refractivity contribution in [3.05, 3.63) is 24.2 Å². The quantitative estimate of drug-likeness (QED) is 0.362. The predicted octanol–water partition coefficient (Wildman–Crippen LogP) is -3.35. The number of carbonyl (C=O) groups is 1. The molecule has 0 saturated carbocycles. The summed E-state index contributed by atoms with van der Waals surface area (Å²) >= 11 is 0. The number of aromatic carboxylic acids is 1. The number of hydrogen-bond acceptors (Lipinski definition) is 3. The summed E-state index contributed by atoms with van der Waals surface area (Å²) in [6.45, 7) is 0. The van der Waals surface area contributed by atoms with E-state index < -0.39 is 5.97 Å². The number of furan rings is 1. The maximum Gasteiger partial charge on any atom is 1.00 e. The minimum atomic E-state index is -1.28. The first-order chi connectivity index (χ1) is 3.80. The second-order valence-electron chi connectivity index (χ2n) is 1.26. The van der Waals surface area contributed by atoms with Crippen LogP contribution < -0.4 is 24.0 Å². The molecule has 0 unspecified atom stereocenters. The standard InChI is InChI=1S/C5H4O3.Li/c6-5(7)4-2-1-3-8-4;/h1-3H,(H,6,7);/q;+1/p-1. The molecule has 0 spiro atoms. The van der Waals surface area contributed by atoms with Crippen LogP contribution in [0.3, 0.4) is 0 Å². The molecule has 0 N–H and O–H groups in total. The first-order valence-corrected chi connectivity index (χ1v) is 2.05. The summed E-state index contributed by atoms with van der Waals surface area (Å²) in [6, 6.07) is 2.82. The van der Waals surface area contributed by atoms with E-state index in [-0.39, 0.29) is 24.6 Å². The van der Waals surface area contributed by atoms with Crippen LogP contribution >= 0.6 is 0 Å². The monoisotopic (exact) mass is 118 g/mol. The summed E-state index contributed by atoms with van der Waals surface area (Å²) in [4.78, 5) is 9.86. The van der Waals surface area contributed by atoms with Gasteiger partial charge in [-0.3, -0.25) is 0 Å². The Morgan fingerprint density at radius 3 is 2.56 bits per heavy atom. The van der Waals surface area contributed by atoms with Crippen LogP contribution in [0.4, 0.5) is 0 Å². The molecule has 0 aliphatic heterocycles. The van der Waals surface area contributed by atoms with Gasteiger partial charge in [-0.2, -0.15) is 0 Å². The van der Waals surface area contributed by atoms with Crippen molar-refractivity contribution in [2.24, 2.45) is 0 Å². The molecular formula is C5H3LiO3. The van der Waals surface area contributed by atoms with Gasteiger partial charge in [0.15, 0.2) is 0 Å². The minimum absolute atomic E-state index is 0. The molecule has 9 heavy (non-hydrogen) atoms. The van der Waals surface area contributed by atoms with E-state index in [0.717, 1.165) is 0 Å². The van der Waals surface area contributed by atoms with Crippen LogP contribution in [0.15, 0.2) is 22.8 Å². The molecule has 0 bridgehead atoms. The molecular weight excluding hydrogens is 115 g/mol. The molecule has 0 aliphatic rings. The molecule has 1 aromatic rings. The SMILES string of the molecule is O=C([O-])c1ccco1.[Li+]. The van der Waals surface area contributed by atoms with Crippen molar-refractivity contribution in [1.82, 2.24) is 0 Å². The van der Waals surface area contributed by atoms with E-state index in [0.29, 0.717) is 0 Å². The van der Waals surface area contributed by atoms with E-state index in [2.05, 4.69) is 4.42 Å². The van der Waals surface area contributed by atoms with Crippen LogP contribution in [0.1, 0.15) is 10.6 Å². The van der Waals surface area contributed by atoms with Crippen molar-refractivity contribution in [2.75, 3.05) is 0 Å². The Hall–Kier alpha value is -0.653. The fourth-order valence-electron chi connectivity index (χ4n) is 0.395. The first kappa shape index (κ1) is 8.35. The number of carboxylic acid groups (broad SMARTS) is 1. The van der Waals surface area contributed by atoms with Gasteiger partial charge in [0.05, 0.1) is 6.26 Å². The van der Waals surface area contributed by atoms with E-state index in [1.54, 1.807) is 0 Å². The smallest absolute Gasteiger partial charge is 0.542 e. The van der Waals surface area contributed by atoms with E-state index in [1.807, 2.05) is 0 Å². The van der Waals surface area contributed by atoms with Crippen molar-refractivity contribution < 1.29 is 33.2 Å². The van der Waals surface area contributed by atoms with Gasteiger partial charge in [0, 0.05) is 0 Å². The fourth-order valence-corrected chi connectivity index (χ4v) is 0.395. The number of carbonyl (C=O) groups excluding carboxylic acids is 1. The zero-order valence-electron chi connectivity index (χ0n) is 4.96. The van der Waals surface area contributed by atoms with Gasteiger partial charge in [0.1, 0.15) is 11.7 Å². The molecule has 0 saturated heterocycles. The van der Waals surface area contributed by atoms with Crippen LogP contribution in [-0.4, -0.2) is 5.97 Å². The third-order valence-corrected chi connectivity index (χ3v) is 0.722. The number of carboxylic acids is 1. The van der Waals surface area contributed by atoms with Crippen LogP contribution in [0.25, 0.3) is 0 Å². The Labute approximate surface area is 63.8 Å². The summed E-state index contributed by atoms with van der Waals surface area (Å²) in [6.07, 6.45) is 1.28. The zero-order valence-corrected chi connectivity index (χ0v) is 4.96. The summed E-state index contributed by atoms with van der Waals surface area (Å²) < 4.78 is 4.43. The summed E-state index contributed by atoms with van der Waals surface area (Å²) in [5.41, 5.74) is 0. The summed E-state index contributed by atoms with van der Waals surface area (Å²) in [5, 5.41) is 9.86. The van der Waals surface area contributed by atoms with Gasteiger partial charge in [-0.1, -0.05) is 0 Å². The minimum Gasteiger partial charge on any atom is -0.542 e. The third kappa shape index (κ3) is 1.96. The Bertz CT molecular complexity index is 180. The maximum atomic E-state index is 9.86. The van der Waals surface area contributed by atoms with Crippen molar-refractivity contribution in [1.29, 1.82) is 0 Å². The molecule has 1 rings (SSSR count). The Balaban J connectivity index is 0.000000640. The second kappa shape index (κ2) is 3.39. The predicted molar refractivity (Wildman–Crippen MR) is 23.0 cm³/mol. The Kier molecular flexibility index (Phi) is 3.14. The van der Waals surface area contributed by atoms with Crippen molar-refractivity contribution >= 4 is 5.97 Å². The molecule has 0 aromatic carbocycles. The molecule has 0 atom stereocenters. The molecule has 42 valence electrons. The van der Waals surface area contributed by atoms with Crippen LogP contribution in [0.2, 0.25) is 0 Å². The molecule has 1 heterocycles. The normalized spacial score (nSPS) is 8.00. The summed E-state index contributed by atoms with van der Waals surface area (Å²) in [7, 11) is 0. The van der Waals surface area contributed by atoms with Gasteiger partial charge in [0.2, 0.25) is 0 Å². The fraction of sp³-hybridized carbons (Fsp3) is 0. The Morgan fingerprint density at radius 2 is 2.33 bits per heavy atom. The van der Waals surface area contributed by atoms with Gasteiger partial charge < -0.3 is 14.3 Å². The number of rotatable bonds is 1. The molecule has 0 aliphatic carbocycles. The van der Waals surface area contributed by atoms with Crippen LogP contribution in [0, 0.1) is 0 Å². The maximum absolute atomic E-state index is 9.86. The molecule has 0 radical (unpaired) electrons. The average molecular weight is 118 g/mol. The first-order valence-electron chi connectivity index (χ1n) is 2.05. The molecule has 0 amide bonds. The van der Waals surface area contributed by atoms with Crippen LogP contribution in [-0.2, 0) is 0 Å². The third-order valence-electron chi connectivity index (χ3n) is 0.722. The van der Waals surface area contributed by atoms with Gasteiger partial charge in [0.25, 0.3) is 0 Å². The molecule has 4 heteroatoms. The van der Waals surface area contributed by atoms with Gasteiger partial charge in [-0.25, -0.2) is 0 Å². The topological polar surface area (TPSA) is 53.3 Å². The van der Waals surface area contributed by atoms with Gasteiger partial charge in [-0.05, 0) is 12.1 Å². The van der Waals surface area contributed by atoms with E-state index in [4.69, 9.17) is 0 Å². The van der Waals surface area contributed by atoms with Crippen molar-refractivity contribution in [2.45, 2.75) is 0 Å².